The van der Waals surface area contributed by atoms with Crippen molar-refractivity contribution in [1.82, 2.24) is 5.32 Å². The fraction of sp³-hybridized carbons (Fsp3) is 1.00. The molecule has 86 valence electrons. The number of hydrogen-bond donors (Lipinski definition) is 1. The molecule has 0 aromatic carbocycles. The van der Waals surface area contributed by atoms with E-state index in [1.807, 2.05) is 0 Å². The molecule has 0 saturated heterocycles. The van der Waals surface area contributed by atoms with Gasteiger partial charge in [-0.15, -0.1) is 0 Å². The molecule has 0 aliphatic carbocycles. The first-order chi connectivity index (χ1) is 6.01. The lowest BCUT2D eigenvalue weighted by molar-refractivity contribution is -0.0664. The van der Waals surface area contributed by atoms with Crippen LogP contribution in [0.5, 0.6) is 0 Å². The van der Waals surface area contributed by atoms with Crippen molar-refractivity contribution in [1.29, 1.82) is 0 Å². The van der Waals surface area contributed by atoms with Crippen molar-refractivity contribution in [3.05, 3.63) is 0 Å². The summed E-state index contributed by atoms with van der Waals surface area (Å²) in [6.45, 7) is 17.1. The van der Waals surface area contributed by atoms with Crippen molar-refractivity contribution in [2.75, 3.05) is 0 Å². The third-order valence-corrected chi connectivity index (χ3v) is 1.90. The number of nitrogens with one attached hydrogen (secondary N) is 1. The second-order valence-corrected chi connectivity index (χ2v) is 6.12. The molecular weight excluding hydrogens is 174 g/mol. The number of ether oxygens (including phenoxy) is 1. The van der Waals surface area contributed by atoms with Gasteiger partial charge in [-0.2, -0.15) is 0 Å². The zero-order valence-corrected chi connectivity index (χ0v) is 11.1. The molecule has 0 heterocycles. The summed E-state index contributed by atoms with van der Waals surface area (Å²) in [4.78, 5) is 0. The molecule has 0 amide bonds. The molecule has 0 fully saturated rings. The van der Waals surface area contributed by atoms with Crippen LogP contribution in [0.2, 0.25) is 0 Å². The van der Waals surface area contributed by atoms with Crippen molar-refractivity contribution >= 4 is 0 Å². The van der Waals surface area contributed by atoms with E-state index in [1.54, 1.807) is 0 Å². The molecule has 0 aliphatic heterocycles. The van der Waals surface area contributed by atoms with Crippen LogP contribution in [-0.4, -0.2) is 23.3 Å². The molecule has 2 unspecified atom stereocenters. The van der Waals surface area contributed by atoms with Gasteiger partial charge in [-0.1, -0.05) is 0 Å². The summed E-state index contributed by atoms with van der Waals surface area (Å²) in [6.07, 6.45) is 0.231. The van der Waals surface area contributed by atoms with Gasteiger partial charge in [0.1, 0.15) is 0 Å². The van der Waals surface area contributed by atoms with Crippen LogP contribution in [0.4, 0.5) is 0 Å². The Kier molecular flexibility index (Phi) is 4.60. The molecule has 0 saturated carbocycles. The topological polar surface area (TPSA) is 21.3 Å². The van der Waals surface area contributed by atoms with Crippen LogP contribution >= 0.6 is 0 Å². The molecule has 0 aromatic heterocycles. The highest BCUT2D eigenvalue weighted by atomic mass is 16.5. The first-order valence-corrected chi connectivity index (χ1v) is 5.47. The minimum absolute atomic E-state index is 0.0623. The molecule has 14 heavy (non-hydrogen) atoms. The van der Waals surface area contributed by atoms with Gasteiger partial charge in [-0.3, -0.25) is 0 Å². The molecule has 1 N–H and O–H groups in total. The van der Waals surface area contributed by atoms with E-state index in [-0.39, 0.29) is 17.2 Å². The van der Waals surface area contributed by atoms with E-state index in [9.17, 15) is 0 Å². The molecule has 0 radical (unpaired) electrons. The van der Waals surface area contributed by atoms with Crippen LogP contribution < -0.4 is 5.32 Å². The average Bonchev–Trinajstić information content (AvgIpc) is 1.78. The Hall–Kier alpha value is -0.0800. The summed E-state index contributed by atoms with van der Waals surface area (Å²) in [5, 5.41) is 3.52. The predicted molar refractivity (Wildman–Crippen MR) is 62.7 cm³/mol. The second-order valence-electron chi connectivity index (χ2n) is 6.12. The van der Waals surface area contributed by atoms with Gasteiger partial charge in [-0.25, -0.2) is 0 Å². The lowest BCUT2D eigenvalue weighted by Gasteiger charge is -2.33. The largest absolute Gasteiger partial charge is 0.371 e. The van der Waals surface area contributed by atoms with Crippen molar-refractivity contribution in [3.63, 3.8) is 0 Å². The lowest BCUT2D eigenvalue weighted by atomic mass is 10.0. The van der Waals surface area contributed by atoms with Crippen LogP contribution in [-0.2, 0) is 4.74 Å². The Labute approximate surface area is 89.4 Å². The van der Waals surface area contributed by atoms with Crippen LogP contribution in [0, 0.1) is 0 Å². The predicted octanol–water partition coefficient (Wildman–Crippen LogP) is 2.97. The van der Waals surface area contributed by atoms with Crippen LogP contribution in [0.3, 0.4) is 0 Å². The third-order valence-electron chi connectivity index (χ3n) is 1.90. The van der Waals surface area contributed by atoms with E-state index in [4.69, 9.17) is 4.74 Å². The number of hydrogen-bond acceptors (Lipinski definition) is 2. The van der Waals surface area contributed by atoms with E-state index in [0.717, 1.165) is 0 Å². The van der Waals surface area contributed by atoms with E-state index in [2.05, 4.69) is 60.7 Å². The summed E-state index contributed by atoms with van der Waals surface area (Å²) >= 11 is 0. The normalized spacial score (nSPS) is 18.0. The standard InChI is InChI=1S/C12H27NO/c1-9(13-11(3,4)5)10(2)14-12(6,7)8/h9-10,13H,1-8H3. The van der Waals surface area contributed by atoms with E-state index in [1.165, 1.54) is 0 Å². The highest BCUT2D eigenvalue weighted by molar-refractivity contribution is 4.80. The maximum absolute atomic E-state index is 5.88. The molecule has 2 heteroatoms. The SMILES string of the molecule is CC(NC(C)(C)C)C(C)OC(C)(C)C. The summed E-state index contributed by atoms with van der Waals surface area (Å²) < 4.78 is 5.88. The molecule has 2 atom stereocenters. The Morgan fingerprint density at radius 3 is 1.64 bits per heavy atom. The van der Waals surface area contributed by atoms with E-state index >= 15 is 0 Å². The Morgan fingerprint density at radius 2 is 1.36 bits per heavy atom. The third kappa shape index (κ3) is 7.34. The van der Waals surface area contributed by atoms with Gasteiger partial charge in [0.2, 0.25) is 0 Å². The lowest BCUT2D eigenvalue weighted by Crippen LogP contribution is -2.49. The maximum Gasteiger partial charge on any atom is 0.0704 e. The zero-order valence-electron chi connectivity index (χ0n) is 11.1. The minimum Gasteiger partial charge on any atom is -0.371 e. The fourth-order valence-electron chi connectivity index (χ4n) is 1.46. The fourth-order valence-corrected chi connectivity index (χ4v) is 1.46. The molecule has 0 aliphatic rings. The second kappa shape index (κ2) is 4.63. The Balaban J connectivity index is 4.07. The average molecular weight is 201 g/mol. The monoisotopic (exact) mass is 201 g/mol. The summed E-state index contributed by atoms with van der Waals surface area (Å²) in [6, 6.07) is 0.370. The van der Waals surface area contributed by atoms with Gasteiger partial charge < -0.3 is 10.1 Å². The van der Waals surface area contributed by atoms with Crippen molar-refractivity contribution in [2.24, 2.45) is 0 Å². The highest BCUT2D eigenvalue weighted by Gasteiger charge is 2.23. The quantitative estimate of drug-likeness (QED) is 0.758. The van der Waals surface area contributed by atoms with E-state index in [0.29, 0.717) is 6.04 Å². The smallest absolute Gasteiger partial charge is 0.0704 e. The van der Waals surface area contributed by atoms with Crippen LogP contribution in [0.1, 0.15) is 55.4 Å². The van der Waals surface area contributed by atoms with Crippen molar-refractivity contribution in [2.45, 2.75) is 78.7 Å². The van der Waals surface area contributed by atoms with Gasteiger partial charge in [0.25, 0.3) is 0 Å². The van der Waals surface area contributed by atoms with Crippen LogP contribution in [0.15, 0.2) is 0 Å². The van der Waals surface area contributed by atoms with Gasteiger partial charge in [0, 0.05) is 11.6 Å². The summed E-state index contributed by atoms with van der Waals surface area (Å²) in [7, 11) is 0. The molecule has 0 bridgehead atoms. The van der Waals surface area contributed by atoms with Gasteiger partial charge in [0.05, 0.1) is 11.7 Å². The molecule has 0 rings (SSSR count). The van der Waals surface area contributed by atoms with Crippen molar-refractivity contribution in [3.8, 4) is 0 Å². The van der Waals surface area contributed by atoms with E-state index < -0.39 is 0 Å². The Morgan fingerprint density at radius 1 is 0.929 bits per heavy atom. The van der Waals surface area contributed by atoms with Gasteiger partial charge in [-0.05, 0) is 55.4 Å². The van der Waals surface area contributed by atoms with Gasteiger partial charge >= 0.3 is 0 Å². The minimum atomic E-state index is -0.0623. The zero-order chi connectivity index (χ0) is 11.6. The molecule has 2 nitrogen and oxygen atoms in total. The van der Waals surface area contributed by atoms with Crippen molar-refractivity contribution < 1.29 is 4.74 Å². The molecule has 0 aromatic rings. The first kappa shape index (κ1) is 13.9. The summed E-state index contributed by atoms with van der Waals surface area (Å²) in [5.41, 5.74) is 0.0855. The Bertz CT molecular complexity index is 144. The van der Waals surface area contributed by atoms with Crippen LogP contribution in [0.25, 0.3) is 0 Å². The first-order valence-electron chi connectivity index (χ1n) is 5.47. The molecular formula is C12H27NO. The maximum atomic E-state index is 5.88. The summed E-state index contributed by atoms with van der Waals surface area (Å²) in [5.74, 6) is 0. The highest BCUT2D eigenvalue weighted by Crippen LogP contribution is 2.14. The molecule has 0 spiro atoms. The number of rotatable bonds is 3. The van der Waals surface area contributed by atoms with Gasteiger partial charge in [0.15, 0.2) is 0 Å².